The maximum atomic E-state index is 12.6. The van der Waals surface area contributed by atoms with E-state index in [9.17, 15) is 9.59 Å². The normalized spacial score (nSPS) is 10.6. The van der Waals surface area contributed by atoms with Crippen LogP contribution in [0.15, 0.2) is 53.3 Å². The molecule has 0 fully saturated rings. The van der Waals surface area contributed by atoms with Crippen LogP contribution in [0.25, 0.3) is 11.0 Å². The zero-order valence-corrected chi connectivity index (χ0v) is 13.4. The lowest BCUT2D eigenvalue weighted by atomic mass is 10.2. The van der Waals surface area contributed by atoms with E-state index in [0.29, 0.717) is 29.0 Å². The predicted octanol–water partition coefficient (Wildman–Crippen LogP) is 2.68. The van der Waals surface area contributed by atoms with Crippen LogP contribution in [0.3, 0.4) is 0 Å². The third-order valence-corrected chi connectivity index (χ3v) is 3.72. The molecule has 0 aliphatic rings. The van der Waals surface area contributed by atoms with Gasteiger partial charge >= 0.3 is 0 Å². The third kappa shape index (κ3) is 2.86. The van der Waals surface area contributed by atoms with Gasteiger partial charge in [0.1, 0.15) is 5.75 Å². The SMILES string of the molecule is CCn1c(=O)c(C(=O)Nc2ccccc2)nc2ccc(OC)cc21. The minimum atomic E-state index is -0.522. The smallest absolute Gasteiger partial charge is 0.282 e. The average molecular weight is 323 g/mol. The fourth-order valence-electron chi connectivity index (χ4n) is 2.52. The highest BCUT2D eigenvalue weighted by atomic mass is 16.5. The summed E-state index contributed by atoms with van der Waals surface area (Å²) in [6.45, 7) is 2.27. The second kappa shape index (κ2) is 6.54. The van der Waals surface area contributed by atoms with Crippen LogP contribution in [0.2, 0.25) is 0 Å². The van der Waals surface area contributed by atoms with Crippen molar-refractivity contribution in [2.24, 2.45) is 0 Å². The van der Waals surface area contributed by atoms with Gasteiger partial charge in [0.2, 0.25) is 0 Å². The van der Waals surface area contributed by atoms with Crippen molar-refractivity contribution < 1.29 is 9.53 Å². The molecule has 1 heterocycles. The van der Waals surface area contributed by atoms with Crippen molar-refractivity contribution in [2.45, 2.75) is 13.5 Å². The molecule has 6 heteroatoms. The number of nitrogens with one attached hydrogen (secondary N) is 1. The van der Waals surface area contributed by atoms with E-state index >= 15 is 0 Å². The Kier molecular flexibility index (Phi) is 4.29. The Morgan fingerprint density at radius 2 is 1.96 bits per heavy atom. The molecule has 2 aromatic carbocycles. The number of amides is 1. The number of carbonyl (C=O) groups is 1. The summed E-state index contributed by atoms with van der Waals surface area (Å²) < 4.78 is 6.71. The number of para-hydroxylation sites is 1. The van der Waals surface area contributed by atoms with Crippen LogP contribution in [0.1, 0.15) is 17.4 Å². The van der Waals surface area contributed by atoms with Gasteiger partial charge in [0, 0.05) is 18.3 Å². The first-order valence-electron chi connectivity index (χ1n) is 7.59. The zero-order valence-electron chi connectivity index (χ0n) is 13.4. The Morgan fingerprint density at radius 3 is 2.62 bits per heavy atom. The molecular weight excluding hydrogens is 306 g/mol. The summed E-state index contributed by atoms with van der Waals surface area (Å²) >= 11 is 0. The quantitative estimate of drug-likeness (QED) is 0.801. The number of hydrogen-bond donors (Lipinski definition) is 1. The molecule has 0 aliphatic heterocycles. The van der Waals surface area contributed by atoms with Crippen molar-refractivity contribution in [1.82, 2.24) is 9.55 Å². The van der Waals surface area contributed by atoms with Gasteiger partial charge in [-0.1, -0.05) is 18.2 Å². The van der Waals surface area contributed by atoms with Gasteiger partial charge in [-0.15, -0.1) is 0 Å². The number of aryl methyl sites for hydroxylation is 1. The molecule has 3 aromatic rings. The largest absolute Gasteiger partial charge is 0.497 e. The Balaban J connectivity index is 2.10. The van der Waals surface area contributed by atoms with Gasteiger partial charge in [-0.2, -0.15) is 0 Å². The number of ether oxygens (including phenoxy) is 1. The molecule has 1 amide bonds. The maximum Gasteiger partial charge on any atom is 0.282 e. The average Bonchev–Trinajstić information content (AvgIpc) is 2.61. The molecule has 0 aliphatic carbocycles. The summed E-state index contributed by atoms with van der Waals surface area (Å²) in [5, 5.41) is 2.70. The molecule has 0 radical (unpaired) electrons. The molecule has 0 bridgehead atoms. The summed E-state index contributed by atoms with van der Waals surface area (Å²) in [5.41, 5.74) is 1.26. The van der Waals surface area contributed by atoms with Gasteiger partial charge in [0.15, 0.2) is 5.69 Å². The first kappa shape index (κ1) is 15.7. The van der Waals surface area contributed by atoms with Crippen LogP contribution in [0, 0.1) is 0 Å². The topological polar surface area (TPSA) is 73.2 Å². The van der Waals surface area contributed by atoms with E-state index in [-0.39, 0.29) is 5.69 Å². The third-order valence-electron chi connectivity index (χ3n) is 3.72. The number of methoxy groups -OCH3 is 1. The second-order valence-electron chi connectivity index (χ2n) is 5.18. The van der Waals surface area contributed by atoms with Gasteiger partial charge in [-0.25, -0.2) is 4.98 Å². The highest BCUT2D eigenvalue weighted by Gasteiger charge is 2.17. The van der Waals surface area contributed by atoms with Crippen molar-refractivity contribution in [2.75, 3.05) is 12.4 Å². The lowest BCUT2D eigenvalue weighted by Gasteiger charge is -2.11. The zero-order chi connectivity index (χ0) is 17.1. The van der Waals surface area contributed by atoms with Crippen LogP contribution in [-0.4, -0.2) is 22.6 Å². The summed E-state index contributed by atoms with van der Waals surface area (Å²) in [7, 11) is 1.56. The van der Waals surface area contributed by atoms with Crippen molar-refractivity contribution in [3.8, 4) is 5.75 Å². The molecular formula is C18H17N3O3. The molecule has 122 valence electrons. The minimum absolute atomic E-state index is 0.127. The molecule has 0 saturated heterocycles. The molecule has 6 nitrogen and oxygen atoms in total. The summed E-state index contributed by atoms with van der Waals surface area (Å²) in [6.07, 6.45) is 0. The lowest BCUT2D eigenvalue weighted by Crippen LogP contribution is -2.31. The van der Waals surface area contributed by atoms with Gasteiger partial charge in [0.25, 0.3) is 11.5 Å². The summed E-state index contributed by atoms with van der Waals surface area (Å²) in [5.74, 6) is 0.110. The number of carbonyl (C=O) groups excluding carboxylic acids is 1. The highest BCUT2D eigenvalue weighted by molar-refractivity contribution is 6.03. The van der Waals surface area contributed by atoms with Crippen LogP contribution < -0.4 is 15.6 Å². The maximum absolute atomic E-state index is 12.6. The number of anilines is 1. The van der Waals surface area contributed by atoms with Crippen molar-refractivity contribution >= 4 is 22.6 Å². The minimum Gasteiger partial charge on any atom is -0.497 e. The Hall–Kier alpha value is -3.15. The molecule has 3 rings (SSSR count). The van der Waals surface area contributed by atoms with Gasteiger partial charge in [0.05, 0.1) is 18.1 Å². The molecule has 0 atom stereocenters. The fourth-order valence-corrected chi connectivity index (χ4v) is 2.52. The monoisotopic (exact) mass is 323 g/mol. The van der Waals surface area contributed by atoms with Crippen LogP contribution in [-0.2, 0) is 6.54 Å². The number of rotatable bonds is 4. The summed E-state index contributed by atoms with van der Waals surface area (Å²) in [6, 6.07) is 14.2. The van der Waals surface area contributed by atoms with Crippen LogP contribution >= 0.6 is 0 Å². The lowest BCUT2D eigenvalue weighted by molar-refractivity contribution is 0.102. The molecule has 1 N–H and O–H groups in total. The molecule has 0 unspecified atom stereocenters. The van der Waals surface area contributed by atoms with Gasteiger partial charge in [-0.3, -0.25) is 9.59 Å². The van der Waals surface area contributed by atoms with E-state index in [1.165, 1.54) is 4.57 Å². The van der Waals surface area contributed by atoms with Crippen molar-refractivity contribution in [1.29, 1.82) is 0 Å². The predicted molar refractivity (Wildman–Crippen MR) is 92.6 cm³/mol. The number of benzene rings is 2. The number of nitrogens with zero attached hydrogens (tertiary/aromatic N) is 2. The second-order valence-corrected chi connectivity index (χ2v) is 5.18. The number of hydrogen-bond acceptors (Lipinski definition) is 4. The van der Waals surface area contributed by atoms with E-state index in [2.05, 4.69) is 10.3 Å². The molecule has 0 spiro atoms. The molecule has 1 aromatic heterocycles. The summed E-state index contributed by atoms with van der Waals surface area (Å²) in [4.78, 5) is 29.4. The van der Waals surface area contributed by atoms with E-state index in [0.717, 1.165) is 0 Å². The standard InChI is InChI=1S/C18H17N3O3/c1-3-21-15-11-13(24-2)9-10-14(15)20-16(18(21)23)17(22)19-12-7-5-4-6-8-12/h4-11H,3H2,1-2H3,(H,19,22). The number of aromatic nitrogens is 2. The first-order chi connectivity index (χ1) is 11.6. The Bertz CT molecular complexity index is 949. The van der Waals surface area contributed by atoms with Crippen molar-refractivity contribution in [3.05, 3.63) is 64.6 Å². The molecule has 24 heavy (non-hydrogen) atoms. The fraction of sp³-hybridized carbons (Fsp3) is 0.167. The Labute approximate surface area is 138 Å². The molecule has 0 saturated carbocycles. The van der Waals surface area contributed by atoms with Crippen molar-refractivity contribution in [3.63, 3.8) is 0 Å². The Morgan fingerprint density at radius 1 is 1.21 bits per heavy atom. The highest BCUT2D eigenvalue weighted by Crippen LogP contribution is 2.19. The van der Waals surface area contributed by atoms with E-state index in [1.807, 2.05) is 13.0 Å². The first-order valence-corrected chi connectivity index (χ1v) is 7.59. The van der Waals surface area contributed by atoms with Gasteiger partial charge in [-0.05, 0) is 31.2 Å². The van der Waals surface area contributed by atoms with Gasteiger partial charge < -0.3 is 14.6 Å². The van der Waals surface area contributed by atoms with E-state index in [1.54, 1.807) is 49.6 Å². The number of fused-ring (bicyclic) bond motifs is 1. The van der Waals surface area contributed by atoms with Crippen LogP contribution in [0.4, 0.5) is 5.69 Å². The van der Waals surface area contributed by atoms with Crippen LogP contribution in [0.5, 0.6) is 5.75 Å². The van der Waals surface area contributed by atoms with E-state index < -0.39 is 11.5 Å². The van der Waals surface area contributed by atoms with E-state index in [4.69, 9.17) is 4.74 Å².